The Balaban J connectivity index is 1.72. The third-order valence-electron chi connectivity index (χ3n) is 5.63. The maximum absolute atomic E-state index is 15.0. The van der Waals surface area contributed by atoms with Gasteiger partial charge in [-0.2, -0.15) is 5.10 Å². The molecule has 0 amide bonds. The molecule has 0 spiro atoms. The minimum atomic E-state index is -4.67. The molecule has 0 saturated heterocycles. The number of benzene rings is 1. The third kappa shape index (κ3) is 3.49. The molecule has 11 heteroatoms. The molecule has 0 radical (unpaired) electrons. The van der Waals surface area contributed by atoms with Crippen molar-refractivity contribution in [1.29, 1.82) is 0 Å². The average Bonchev–Trinajstić information content (AvgIpc) is 3.40. The van der Waals surface area contributed by atoms with E-state index in [2.05, 4.69) is 9.82 Å². The van der Waals surface area contributed by atoms with Crippen LogP contribution >= 0.6 is 0 Å². The van der Waals surface area contributed by atoms with E-state index in [4.69, 9.17) is 5.11 Å². The van der Waals surface area contributed by atoms with Crippen molar-refractivity contribution < 1.29 is 31.5 Å². The van der Waals surface area contributed by atoms with E-state index in [1.807, 2.05) is 0 Å². The topological polar surface area (TPSA) is 101 Å². The zero-order valence-electron chi connectivity index (χ0n) is 16.1. The molecular weight excluding hydrogens is 423 g/mol. The number of fused-ring (bicyclic) bond motifs is 1. The molecule has 1 unspecified atom stereocenters. The van der Waals surface area contributed by atoms with Gasteiger partial charge in [0.15, 0.2) is 16.5 Å². The maximum atomic E-state index is 15.0. The lowest BCUT2D eigenvalue weighted by atomic mass is 9.94. The molecule has 1 atom stereocenters. The van der Waals surface area contributed by atoms with Crippen molar-refractivity contribution >= 4 is 16.0 Å². The number of hydrogen-bond acceptors (Lipinski definition) is 4. The van der Waals surface area contributed by atoms with E-state index in [1.54, 1.807) is 0 Å². The number of nitrogens with one attached hydrogen (secondary N) is 1. The molecule has 2 N–H and O–H groups in total. The van der Waals surface area contributed by atoms with Crippen LogP contribution in [-0.4, -0.2) is 29.3 Å². The molecule has 1 heterocycles. The van der Waals surface area contributed by atoms with Gasteiger partial charge in [0.05, 0.1) is 12.2 Å². The Hall–Kier alpha value is -2.40. The van der Waals surface area contributed by atoms with Crippen molar-refractivity contribution in [2.45, 2.75) is 62.4 Å². The van der Waals surface area contributed by atoms with Gasteiger partial charge in [0, 0.05) is 22.4 Å². The first kappa shape index (κ1) is 20.9. The largest absolute Gasteiger partial charge is 0.480 e. The van der Waals surface area contributed by atoms with E-state index in [1.165, 1.54) is 10.9 Å². The van der Waals surface area contributed by atoms with Gasteiger partial charge in [0.2, 0.25) is 10.0 Å². The predicted molar refractivity (Wildman–Crippen MR) is 98.9 cm³/mol. The van der Waals surface area contributed by atoms with Gasteiger partial charge in [-0.3, -0.25) is 9.48 Å². The van der Waals surface area contributed by atoms with Gasteiger partial charge in [0.25, 0.3) is 0 Å². The first-order valence-electron chi connectivity index (χ1n) is 9.57. The molecule has 1 aromatic heterocycles. The molecule has 0 aliphatic heterocycles. The lowest BCUT2D eigenvalue weighted by Crippen LogP contribution is -2.33. The highest BCUT2D eigenvalue weighted by Crippen LogP contribution is 2.45. The van der Waals surface area contributed by atoms with E-state index in [0.29, 0.717) is 43.4 Å². The summed E-state index contributed by atoms with van der Waals surface area (Å²) in [5.74, 6) is -5.42. The summed E-state index contributed by atoms with van der Waals surface area (Å²) in [6.07, 6.45) is 3.78. The molecule has 2 aromatic rings. The summed E-state index contributed by atoms with van der Waals surface area (Å²) in [7, 11) is -4.67. The molecule has 1 fully saturated rings. The summed E-state index contributed by atoms with van der Waals surface area (Å²) in [5, 5.41) is 13.0. The fourth-order valence-corrected chi connectivity index (χ4v) is 5.47. The highest BCUT2D eigenvalue weighted by molar-refractivity contribution is 7.89. The summed E-state index contributed by atoms with van der Waals surface area (Å²) in [5.41, 5.74) is 0.115. The van der Waals surface area contributed by atoms with Crippen LogP contribution < -0.4 is 4.72 Å². The summed E-state index contributed by atoms with van der Waals surface area (Å²) < 4.78 is 73.6. The number of aliphatic carboxylic acids is 1. The zero-order valence-corrected chi connectivity index (χ0v) is 16.9. The number of nitrogens with zero attached hydrogens (tertiary/aromatic N) is 2. The van der Waals surface area contributed by atoms with Crippen LogP contribution in [0.1, 0.15) is 60.0 Å². The summed E-state index contributed by atoms with van der Waals surface area (Å²) in [6, 6.07) is -0.824. The molecule has 2 aliphatic carbocycles. The van der Waals surface area contributed by atoms with Crippen molar-refractivity contribution in [3.8, 4) is 0 Å². The highest BCUT2D eigenvalue weighted by Gasteiger charge is 2.39. The Kier molecular flexibility index (Phi) is 5.13. The Bertz CT molecular complexity index is 1140. The minimum absolute atomic E-state index is 0.351. The van der Waals surface area contributed by atoms with Crippen molar-refractivity contribution in [1.82, 2.24) is 14.5 Å². The van der Waals surface area contributed by atoms with E-state index in [9.17, 15) is 26.4 Å². The maximum Gasteiger partial charge on any atom is 0.325 e. The van der Waals surface area contributed by atoms with Crippen molar-refractivity contribution in [3.05, 3.63) is 46.0 Å². The smallest absolute Gasteiger partial charge is 0.325 e. The van der Waals surface area contributed by atoms with Crippen LogP contribution in [0.3, 0.4) is 0 Å². The molecule has 0 bridgehead atoms. The number of carbonyl (C=O) groups is 1. The quantitative estimate of drug-likeness (QED) is 0.715. The minimum Gasteiger partial charge on any atom is -0.480 e. The van der Waals surface area contributed by atoms with Gasteiger partial charge in [-0.25, -0.2) is 26.3 Å². The second-order valence-corrected chi connectivity index (χ2v) is 9.40. The molecule has 162 valence electrons. The van der Waals surface area contributed by atoms with E-state index >= 15 is 0 Å². The molecule has 2 aliphatic rings. The van der Waals surface area contributed by atoms with Crippen LogP contribution in [-0.2, 0) is 27.8 Å². The van der Waals surface area contributed by atoms with Crippen molar-refractivity contribution in [2.24, 2.45) is 0 Å². The fraction of sp³-hybridized carbons (Fsp3) is 0.474. The van der Waals surface area contributed by atoms with Crippen LogP contribution in [0.2, 0.25) is 0 Å². The second-order valence-electron chi connectivity index (χ2n) is 7.75. The van der Waals surface area contributed by atoms with E-state index < -0.39 is 55.9 Å². The monoisotopic (exact) mass is 443 g/mol. The van der Waals surface area contributed by atoms with Gasteiger partial charge in [-0.15, -0.1) is 0 Å². The normalized spacial score (nSPS) is 19.0. The molecule has 1 aromatic carbocycles. The Labute approximate surface area is 170 Å². The lowest BCUT2D eigenvalue weighted by Gasteiger charge is -2.24. The molecule has 7 nitrogen and oxygen atoms in total. The number of halogens is 3. The molecule has 1 saturated carbocycles. The van der Waals surface area contributed by atoms with E-state index in [0.717, 1.165) is 6.92 Å². The summed E-state index contributed by atoms with van der Waals surface area (Å²) in [6.45, 7) is 0.712. The van der Waals surface area contributed by atoms with Crippen LogP contribution in [0.25, 0.3) is 0 Å². The van der Waals surface area contributed by atoms with Gasteiger partial charge in [0.1, 0.15) is 12.4 Å². The van der Waals surface area contributed by atoms with Gasteiger partial charge < -0.3 is 5.11 Å². The van der Waals surface area contributed by atoms with Gasteiger partial charge >= 0.3 is 5.97 Å². The number of sulfonamides is 1. The number of hydrogen-bond donors (Lipinski definition) is 2. The van der Waals surface area contributed by atoms with E-state index in [-0.39, 0.29) is 12.1 Å². The first-order valence-corrected chi connectivity index (χ1v) is 11.1. The summed E-state index contributed by atoms with van der Waals surface area (Å²) >= 11 is 0. The predicted octanol–water partition coefficient (Wildman–Crippen LogP) is 2.93. The Morgan fingerprint density at radius 1 is 1.23 bits per heavy atom. The standard InChI is InChI=1S/C19H20F3N3O4S/c1-9-16(20)15(10-5-6-10)18(22)19(17(9)21)30(28,29)24-12-3-2-4-13-11(12)7-23-25(13)8-14(26)27/h7,10,12,24H,2-6,8H2,1H3,(H,26,27). The molecule has 4 rings (SSSR count). The number of aromatic nitrogens is 2. The number of carboxylic acids is 1. The summed E-state index contributed by atoms with van der Waals surface area (Å²) in [4.78, 5) is 9.81. The van der Waals surface area contributed by atoms with Crippen molar-refractivity contribution in [2.75, 3.05) is 0 Å². The average molecular weight is 443 g/mol. The first-order chi connectivity index (χ1) is 14.1. The van der Waals surface area contributed by atoms with Crippen LogP contribution in [0, 0.1) is 24.4 Å². The van der Waals surface area contributed by atoms with Crippen LogP contribution in [0.15, 0.2) is 11.1 Å². The fourth-order valence-electron chi connectivity index (χ4n) is 4.00. The van der Waals surface area contributed by atoms with Gasteiger partial charge in [-0.1, -0.05) is 0 Å². The highest BCUT2D eigenvalue weighted by atomic mass is 32.2. The van der Waals surface area contributed by atoms with Crippen LogP contribution in [0.4, 0.5) is 13.2 Å². The second kappa shape index (κ2) is 7.38. The lowest BCUT2D eigenvalue weighted by molar-refractivity contribution is -0.137. The molecule has 30 heavy (non-hydrogen) atoms. The Morgan fingerprint density at radius 2 is 1.93 bits per heavy atom. The van der Waals surface area contributed by atoms with Crippen molar-refractivity contribution in [3.63, 3.8) is 0 Å². The Morgan fingerprint density at radius 3 is 2.57 bits per heavy atom. The number of carboxylic acid groups (broad SMARTS) is 1. The van der Waals surface area contributed by atoms with Gasteiger partial charge in [-0.05, 0) is 44.9 Å². The van der Waals surface area contributed by atoms with Crippen LogP contribution in [0.5, 0.6) is 0 Å². The SMILES string of the molecule is Cc1c(F)c(C2CC2)c(F)c(S(=O)(=O)NC2CCCc3c2cnn3CC(=O)O)c1F. The zero-order chi connectivity index (χ0) is 21.8. The third-order valence-corrected chi connectivity index (χ3v) is 7.12. The number of rotatable bonds is 6. The molecular formula is C19H20F3N3O4S.